The van der Waals surface area contributed by atoms with Crippen molar-refractivity contribution in [2.45, 2.75) is 24.4 Å². The summed E-state index contributed by atoms with van der Waals surface area (Å²) in [4.78, 5) is 15.6. The van der Waals surface area contributed by atoms with E-state index in [0.717, 1.165) is 34.7 Å². The second-order valence-electron chi connectivity index (χ2n) is 6.14. The Morgan fingerprint density at radius 3 is 2.67 bits per heavy atom. The van der Waals surface area contributed by atoms with Gasteiger partial charge in [-0.1, -0.05) is 0 Å². The minimum Gasteiger partial charge on any atom is -0.493 e. The molecule has 2 aromatic rings. The number of rotatable bonds is 6. The number of benzene rings is 1. The van der Waals surface area contributed by atoms with Gasteiger partial charge in [-0.15, -0.1) is 24.2 Å². The van der Waals surface area contributed by atoms with Crippen LogP contribution >= 0.6 is 24.2 Å². The first-order chi connectivity index (χ1) is 12.6. The molecule has 0 saturated heterocycles. The molecule has 0 spiro atoms. The Balaban J connectivity index is 0.00000261. The Bertz CT molecular complexity index is 812. The molecule has 0 radical (unpaired) electrons. The third-order valence-corrected chi connectivity index (χ3v) is 5.37. The lowest BCUT2D eigenvalue weighted by Gasteiger charge is -2.21. The van der Waals surface area contributed by atoms with Crippen LogP contribution in [0.15, 0.2) is 17.0 Å². The fraction of sp³-hybridized carbons (Fsp3) is 0.444. The van der Waals surface area contributed by atoms with Crippen LogP contribution in [0.3, 0.4) is 0 Å². The zero-order valence-corrected chi connectivity index (χ0v) is 17.6. The maximum absolute atomic E-state index is 12.9. The summed E-state index contributed by atoms with van der Waals surface area (Å²) in [6, 6.07) is 3.87. The molecule has 1 amide bonds. The van der Waals surface area contributed by atoms with Gasteiger partial charge in [-0.25, -0.2) is 0 Å². The molecule has 0 fully saturated rings. The molecule has 3 rings (SSSR count). The smallest absolute Gasteiger partial charge is 0.274 e. The predicted molar refractivity (Wildman–Crippen MR) is 108 cm³/mol. The highest BCUT2D eigenvalue weighted by Gasteiger charge is 2.24. The lowest BCUT2D eigenvalue weighted by atomic mass is 10.1. The number of carbonyl (C=O) groups excluding carboxylic acids is 1. The molecule has 1 aliphatic heterocycles. The van der Waals surface area contributed by atoms with Crippen molar-refractivity contribution in [3.05, 3.63) is 34.6 Å². The summed E-state index contributed by atoms with van der Waals surface area (Å²) in [5.74, 6) is 1.25. The van der Waals surface area contributed by atoms with Gasteiger partial charge >= 0.3 is 0 Å². The molecular weight excluding hydrogens is 388 g/mol. The van der Waals surface area contributed by atoms with E-state index >= 15 is 0 Å². The van der Waals surface area contributed by atoms with E-state index in [2.05, 4.69) is 15.5 Å². The second kappa shape index (κ2) is 9.34. The maximum atomic E-state index is 12.9. The van der Waals surface area contributed by atoms with Crippen molar-refractivity contribution in [2.75, 3.05) is 34.1 Å². The molecule has 2 heterocycles. The molecule has 0 bridgehead atoms. The first-order valence-electron chi connectivity index (χ1n) is 8.40. The Hall–Kier alpha value is -1.90. The highest BCUT2D eigenvalue weighted by atomic mass is 35.5. The number of amides is 1. The quantitative estimate of drug-likeness (QED) is 0.709. The Labute approximate surface area is 169 Å². The first kappa shape index (κ1) is 21.4. The van der Waals surface area contributed by atoms with Crippen molar-refractivity contribution in [1.29, 1.82) is 0 Å². The number of thioether (sulfide) groups is 1. The van der Waals surface area contributed by atoms with Crippen LogP contribution in [0.1, 0.15) is 27.3 Å². The zero-order chi connectivity index (χ0) is 18.7. The molecule has 1 aromatic carbocycles. The Morgan fingerprint density at radius 2 is 2.00 bits per heavy atom. The summed E-state index contributed by atoms with van der Waals surface area (Å²) in [6.45, 7) is 2.04. The number of aromatic amines is 1. The van der Waals surface area contributed by atoms with Gasteiger partial charge in [0, 0.05) is 49.3 Å². The van der Waals surface area contributed by atoms with Gasteiger partial charge in [-0.05, 0) is 24.0 Å². The van der Waals surface area contributed by atoms with E-state index in [4.69, 9.17) is 9.47 Å². The normalized spacial score (nSPS) is 12.7. The largest absolute Gasteiger partial charge is 0.493 e. The monoisotopic (exact) mass is 412 g/mol. The van der Waals surface area contributed by atoms with E-state index in [1.54, 1.807) is 37.9 Å². The van der Waals surface area contributed by atoms with Crippen LogP contribution in [-0.4, -0.2) is 55.1 Å². The summed E-state index contributed by atoms with van der Waals surface area (Å²) in [7, 11) is 5.02. The molecular formula is C18H25ClN4O3S. The van der Waals surface area contributed by atoms with Crippen LogP contribution < -0.4 is 14.8 Å². The van der Waals surface area contributed by atoms with Crippen LogP contribution in [0.5, 0.6) is 11.5 Å². The van der Waals surface area contributed by atoms with Crippen molar-refractivity contribution in [3.63, 3.8) is 0 Å². The lowest BCUT2D eigenvalue weighted by Crippen LogP contribution is -2.30. The van der Waals surface area contributed by atoms with Crippen molar-refractivity contribution in [1.82, 2.24) is 20.4 Å². The molecule has 2 N–H and O–H groups in total. The number of hydrogen-bond donors (Lipinski definition) is 2. The van der Waals surface area contributed by atoms with Crippen LogP contribution in [0, 0.1) is 0 Å². The summed E-state index contributed by atoms with van der Waals surface area (Å²) in [5, 5.41) is 10.6. The lowest BCUT2D eigenvalue weighted by molar-refractivity contribution is 0.0776. The van der Waals surface area contributed by atoms with E-state index in [1.165, 1.54) is 0 Å². The van der Waals surface area contributed by atoms with Crippen molar-refractivity contribution >= 4 is 30.1 Å². The number of halogens is 1. The minimum absolute atomic E-state index is 0. The van der Waals surface area contributed by atoms with Crippen LogP contribution in [-0.2, 0) is 19.5 Å². The number of aromatic nitrogens is 2. The molecule has 148 valence electrons. The molecule has 9 heteroatoms. The van der Waals surface area contributed by atoms with Gasteiger partial charge in [0.25, 0.3) is 5.91 Å². The maximum Gasteiger partial charge on any atom is 0.274 e. The predicted octanol–water partition coefficient (Wildman–Crippen LogP) is 2.49. The number of hydrogen-bond acceptors (Lipinski definition) is 6. The van der Waals surface area contributed by atoms with Gasteiger partial charge in [0.2, 0.25) is 0 Å². The number of carbonyl (C=O) groups is 1. The topological polar surface area (TPSA) is 79.5 Å². The molecule has 1 aliphatic rings. The number of methoxy groups -OCH3 is 2. The molecule has 0 atom stereocenters. The summed E-state index contributed by atoms with van der Waals surface area (Å²) < 4.78 is 10.8. The molecule has 0 aliphatic carbocycles. The molecule has 0 saturated carbocycles. The number of nitrogens with zero attached hydrogens (tertiary/aromatic N) is 2. The number of H-pyrrole nitrogens is 1. The zero-order valence-electron chi connectivity index (χ0n) is 15.9. The van der Waals surface area contributed by atoms with E-state index in [0.29, 0.717) is 30.3 Å². The average molecular weight is 413 g/mol. The fourth-order valence-electron chi connectivity index (χ4n) is 3.13. The summed E-state index contributed by atoms with van der Waals surface area (Å²) >= 11 is 1.61. The van der Waals surface area contributed by atoms with Gasteiger partial charge in [0.1, 0.15) is 0 Å². The third-order valence-electron chi connectivity index (χ3n) is 4.55. The van der Waals surface area contributed by atoms with Crippen LogP contribution in [0.25, 0.3) is 0 Å². The van der Waals surface area contributed by atoms with Crippen LogP contribution in [0.2, 0.25) is 0 Å². The Kier molecular flexibility index (Phi) is 7.41. The Morgan fingerprint density at radius 1 is 1.30 bits per heavy atom. The number of fused-ring (bicyclic) bond motifs is 1. The van der Waals surface area contributed by atoms with Gasteiger partial charge in [0.05, 0.1) is 14.2 Å². The highest BCUT2D eigenvalue weighted by Crippen LogP contribution is 2.35. The van der Waals surface area contributed by atoms with Gasteiger partial charge < -0.3 is 19.7 Å². The molecule has 1 aromatic heterocycles. The van der Waals surface area contributed by atoms with Gasteiger partial charge in [-0.3, -0.25) is 9.89 Å². The third kappa shape index (κ3) is 4.34. The standard InChI is InChI=1S/C18H24N4O3S.ClH/c1-22(18(23)17-12-9-19-6-5-13(12)20-21-17)10-11-7-14(24-2)15(25-3)8-16(11)26-4;/h7-8,19H,5-6,9-10H2,1-4H3,(H,20,21);1H. The number of ether oxygens (including phenoxy) is 2. The van der Waals surface area contributed by atoms with E-state index < -0.39 is 0 Å². The second-order valence-corrected chi connectivity index (χ2v) is 6.98. The van der Waals surface area contributed by atoms with Crippen LogP contribution in [0.4, 0.5) is 0 Å². The van der Waals surface area contributed by atoms with E-state index in [9.17, 15) is 4.79 Å². The molecule has 0 unspecified atom stereocenters. The van der Waals surface area contributed by atoms with Crippen molar-refractivity contribution in [3.8, 4) is 11.5 Å². The van der Waals surface area contributed by atoms with Crippen molar-refractivity contribution < 1.29 is 14.3 Å². The SMILES string of the molecule is COc1cc(CN(C)C(=O)c2n[nH]c3c2CNCC3)c(SC)cc1OC.Cl. The highest BCUT2D eigenvalue weighted by molar-refractivity contribution is 7.98. The van der Waals surface area contributed by atoms with Crippen molar-refractivity contribution in [2.24, 2.45) is 0 Å². The average Bonchev–Trinajstić information content (AvgIpc) is 3.10. The van der Waals surface area contributed by atoms with E-state index in [-0.39, 0.29) is 18.3 Å². The minimum atomic E-state index is -0.0898. The first-order valence-corrected chi connectivity index (χ1v) is 9.62. The summed E-state index contributed by atoms with van der Waals surface area (Å²) in [5.41, 5.74) is 3.54. The molecule has 7 nitrogen and oxygen atoms in total. The fourth-order valence-corrected chi connectivity index (χ4v) is 3.74. The number of nitrogens with one attached hydrogen (secondary N) is 2. The molecule has 27 heavy (non-hydrogen) atoms. The van der Waals surface area contributed by atoms with Gasteiger partial charge in [0.15, 0.2) is 17.2 Å². The van der Waals surface area contributed by atoms with E-state index in [1.807, 2.05) is 18.4 Å². The van der Waals surface area contributed by atoms with Gasteiger partial charge in [-0.2, -0.15) is 5.10 Å². The summed E-state index contributed by atoms with van der Waals surface area (Å²) in [6.07, 6.45) is 2.87.